The van der Waals surface area contributed by atoms with Gasteiger partial charge in [-0.2, -0.15) is 13.2 Å². The molecule has 34 heavy (non-hydrogen) atoms. The van der Waals surface area contributed by atoms with Crippen molar-refractivity contribution in [2.45, 2.75) is 20.0 Å². The van der Waals surface area contributed by atoms with Gasteiger partial charge in [-0.05, 0) is 49.8 Å². The summed E-state index contributed by atoms with van der Waals surface area (Å²) in [5, 5.41) is 24.0. The monoisotopic (exact) mass is 491 g/mol. The summed E-state index contributed by atoms with van der Waals surface area (Å²) >= 11 is 6.12. The van der Waals surface area contributed by atoms with Crippen LogP contribution in [-0.2, 0) is 0 Å². The molecule has 0 aliphatic heterocycles. The number of halogens is 4. The number of hydrogen-bond acceptors (Lipinski definition) is 5. The van der Waals surface area contributed by atoms with Crippen LogP contribution in [0.2, 0.25) is 5.02 Å². The molecule has 0 aliphatic carbocycles. The fourth-order valence-electron chi connectivity index (χ4n) is 2.89. The van der Waals surface area contributed by atoms with Crippen LogP contribution < -0.4 is 16.0 Å². The molecule has 6 nitrogen and oxygen atoms in total. The number of carbonyl (C=O) groups excluding carboxylic acids is 1. The molecule has 0 bridgehead atoms. The number of carbonyl (C=O) groups is 1. The lowest BCUT2D eigenvalue weighted by Gasteiger charge is -2.15. The van der Waals surface area contributed by atoms with Crippen LogP contribution in [0.15, 0.2) is 65.9 Å². The second-order valence-corrected chi connectivity index (χ2v) is 7.72. The molecule has 0 fully saturated rings. The Morgan fingerprint density at radius 2 is 1.62 bits per heavy atom. The third-order valence-corrected chi connectivity index (χ3v) is 5.23. The molecular formula is C24H25ClF3N5O. The average molecular weight is 492 g/mol. The molecule has 0 saturated carbocycles. The zero-order valence-electron chi connectivity index (χ0n) is 18.8. The molecule has 2 aromatic rings. The Kier molecular flexibility index (Phi) is 9.03. The second-order valence-electron chi connectivity index (χ2n) is 7.31. The highest BCUT2D eigenvalue weighted by atomic mass is 35.5. The van der Waals surface area contributed by atoms with E-state index in [4.69, 9.17) is 22.4 Å². The zero-order chi connectivity index (χ0) is 25.5. The predicted octanol–water partition coefficient (Wildman–Crippen LogP) is 5.64. The molecule has 0 aliphatic rings. The highest BCUT2D eigenvalue weighted by Gasteiger charge is 2.33. The lowest BCUT2D eigenvalue weighted by molar-refractivity contribution is -0.0583. The highest BCUT2D eigenvalue weighted by Crippen LogP contribution is 2.27. The van der Waals surface area contributed by atoms with E-state index >= 15 is 0 Å². The summed E-state index contributed by atoms with van der Waals surface area (Å²) in [6, 6.07) is 12.4. The Bertz CT molecular complexity index is 1140. The van der Waals surface area contributed by atoms with Gasteiger partial charge in [0.2, 0.25) is 0 Å². The van der Waals surface area contributed by atoms with Crippen molar-refractivity contribution in [3.63, 3.8) is 0 Å². The van der Waals surface area contributed by atoms with Crippen molar-refractivity contribution < 1.29 is 18.0 Å². The number of benzene rings is 2. The van der Waals surface area contributed by atoms with E-state index < -0.39 is 17.8 Å². The van der Waals surface area contributed by atoms with Gasteiger partial charge < -0.3 is 21.4 Å². The first-order valence-electron chi connectivity index (χ1n) is 10.1. The zero-order valence-corrected chi connectivity index (χ0v) is 19.6. The molecule has 0 radical (unpaired) electrons. The first-order chi connectivity index (χ1) is 15.9. The van der Waals surface area contributed by atoms with E-state index in [-0.39, 0.29) is 17.8 Å². The van der Waals surface area contributed by atoms with Crippen molar-refractivity contribution in [1.29, 1.82) is 10.8 Å². The van der Waals surface area contributed by atoms with E-state index in [1.807, 2.05) is 0 Å². The maximum atomic E-state index is 13.0. The van der Waals surface area contributed by atoms with Crippen molar-refractivity contribution in [3.05, 3.63) is 82.0 Å². The largest absolute Gasteiger partial charge is 0.432 e. The summed E-state index contributed by atoms with van der Waals surface area (Å²) in [5.41, 5.74) is 1.16. The van der Waals surface area contributed by atoms with Crippen molar-refractivity contribution in [2.75, 3.05) is 18.9 Å². The Hall–Kier alpha value is -3.59. The normalized spacial score (nSPS) is 12.5. The van der Waals surface area contributed by atoms with Crippen molar-refractivity contribution in [2.24, 2.45) is 0 Å². The number of rotatable bonds is 9. The van der Waals surface area contributed by atoms with Gasteiger partial charge in [-0.15, -0.1) is 0 Å². The van der Waals surface area contributed by atoms with Crippen LogP contribution in [0.25, 0.3) is 5.70 Å². The van der Waals surface area contributed by atoms with Crippen LogP contribution >= 0.6 is 11.6 Å². The predicted molar refractivity (Wildman–Crippen MR) is 131 cm³/mol. The molecular weight excluding hydrogens is 467 g/mol. The van der Waals surface area contributed by atoms with Gasteiger partial charge in [0.15, 0.2) is 0 Å². The number of para-hydroxylation sites is 1. The van der Waals surface area contributed by atoms with Gasteiger partial charge in [-0.25, -0.2) is 0 Å². The third-order valence-electron chi connectivity index (χ3n) is 4.90. The molecule has 2 aromatic carbocycles. The topological polar surface area (TPSA) is 101 Å². The molecule has 2 rings (SSSR count). The number of amides is 1. The fraction of sp³-hybridized carbons (Fsp3) is 0.208. The van der Waals surface area contributed by atoms with E-state index in [0.717, 1.165) is 5.70 Å². The summed E-state index contributed by atoms with van der Waals surface area (Å²) in [6.45, 7) is 3.56. The van der Waals surface area contributed by atoms with E-state index in [2.05, 4.69) is 16.0 Å². The Labute approximate surface area is 200 Å². The summed E-state index contributed by atoms with van der Waals surface area (Å²) in [7, 11) is 1.72. The standard InChI is InChI=1S/C24H25ClF3N5O/c1-14(29)18(15(2)31-3)13-32-23(34)17-10-8-16(9-11-17)21(12-22(30)24(26,27)28)33-20-7-5-4-6-19(20)25/h4-12,29-31,33H,13H2,1-3H3,(H,32,34)/b18-15-,21-12-,29-14?,30-22?. The fourth-order valence-corrected chi connectivity index (χ4v) is 3.08. The van der Waals surface area contributed by atoms with Crippen molar-refractivity contribution in [1.82, 2.24) is 10.6 Å². The minimum atomic E-state index is -4.82. The molecule has 1 amide bonds. The van der Waals surface area contributed by atoms with E-state index in [0.29, 0.717) is 33.6 Å². The van der Waals surface area contributed by atoms with E-state index in [1.165, 1.54) is 24.3 Å². The van der Waals surface area contributed by atoms with E-state index in [1.54, 1.807) is 45.2 Å². The number of alkyl halides is 3. The summed E-state index contributed by atoms with van der Waals surface area (Å²) in [4.78, 5) is 12.6. The Balaban J connectivity index is 2.30. The quantitative estimate of drug-likeness (QED) is 0.293. The lowest BCUT2D eigenvalue weighted by Crippen LogP contribution is -2.29. The number of allylic oxidation sites excluding steroid dienone is 2. The van der Waals surface area contributed by atoms with Gasteiger partial charge in [0.1, 0.15) is 5.71 Å². The van der Waals surface area contributed by atoms with Gasteiger partial charge >= 0.3 is 6.18 Å². The first-order valence-corrected chi connectivity index (χ1v) is 10.5. The molecule has 5 N–H and O–H groups in total. The molecule has 0 aromatic heterocycles. The molecule has 0 spiro atoms. The highest BCUT2D eigenvalue weighted by molar-refractivity contribution is 6.33. The summed E-state index contributed by atoms with van der Waals surface area (Å²) < 4.78 is 39.0. The molecule has 0 heterocycles. The summed E-state index contributed by atoms with van der Waals surface area (Å²) in [5.74, 6) is -0.401. The van der Waals surface area contributed by atoms with Crippen molar-refractivity contribution >= 4 is 40.3 Å². The molecule has 0 atom stereocenters. The Morgan fingerprint density at radius 1 is 1.03 bits per heavy atom. The lowest BCUT2D eigenvalue weighted by atomic mass is 10.1. The molecule has 10 heteroatoms. The minimum absolute atomic E-state index is 0.00308. The van der Waals surface area contributed by atoms with Crippen LogP contribution in [0.1, 0.15) is 29.8 Å². The van der Waals surface area contributed by atoms with Gasteiger partial charge in [0.05, 0.1) is 10.7 Å². The molecule has 0 saturated heterocycles. The SMILES string of the molecule is CN/C(C)=C(/CNC(=O)c1ccc(/C(=C/C(=N)C(F)(F)F)Nc2ccccc2Cl)cc1)C(C)=N. The summed E-state index contributed by atoms with van der Waals surface area (Å²) in [6.07, 6.45) is -4.15. The average Bonchev–Trinajstić information content (AvgIpc) is 2.79. The Morgan fingerprint density at radius 3 is 2.15 bits per heavy atom. The second kappa shape index (κ2) is 11.5. The maximum absolute atomic E-state index is 13.0. The van der Waals surface area contributed by atoms with Gasteiger partial charge in [-0.3, -0.25) is 10.2 Å². The van der Waals surface area contributed by atoms with Crippen LogP contribution in [0.5, 0.6) is 0 Å². The number of anilines is 1. The number of nitrogens with one attached hydrogen (secondary N) is 5. The van der Waals surface area contributed by atoms with Crippen molar-refractivity contribution in [3.8, 4) is 0 Å². The first kappa shape index (κ1) is 26.7. The number of hydrogen-bond donors (Lipinski definition) is 5. The van der Waals surface area contributed by atoms with Gasteiger partial charge in [-0.1, -0.05) is 35.9 Å². The smallest absolute Gasteiger partial charge is 0.391 e. The third kappa shape index (κ3) is 7.21. The van der Waals surface area contributed by atoms with Crippen LogP contribution in [0, 0.1) is 10.8 Å². The maximum Gasteiger partial charge on any atom is 0.432 e. The molecule has 0 unspecified atom stereocenters. The molecule has 180 valence electrons. The van der Waals surface area contributed by atoms with Crippen LogP contribution in [0.3, 0.4) is 0 Å². The van der Waals surface area contributed by atoms with Gasteiger partial charge in [0.25, 0.3) is 5.91 Å². The van der Waals surface area contributed by atoms with E-state index in [9.17, 15) is 18.0 Å². The van der Waals surface area contributed by atoms with Crippen LogP contribution in [-0.4, -0.2) is 37.1 Å². The van der Waals surface area contributed by atoms with Crippen LogP contribution in [0.4, 0.5) is 18.9 Å². The van der Waals surface area contributed by atoms with Gasteiger partial charge in [0, 0.05) is 41.8 Å². The minimum Gasteiger partial charge on any atom is -0.391 e.